The molecule has 3 aromatic rings. The molecule has 3 atom stereocenters. The van der Waals surface area contributed by atoms with Gasteiger partial charge in [-0.25, -0.2) is 15.0 Å². The van der Waals surface area contributed by atoms with Crippen LogP contribution in [-0.2, 0) is 0 Å². The first-order valence-corrected chi connectivity index (χ1v) is 12.1. The van der Waals surface area contributed by atoms with Crippen molar-refractivity contribution in [3.8, 4) is 10.4 Å². The van der Waals surface area contributed by atoms with Crippen LogP contribution >= 0.6 is 27.3 Å². The van der Waals surface area contributed by atoms with Gasteiger partial charge in [0.05, 0.1) is 20.4 Å². The van der Waals surface area contributed by atoms with Crippen molar-refractivity contribution in [2.45, 2.75) is 33.2 Å². The Morgan fingerprint density at radius 1 is 1.19 bits per heavy atom. The number of hydrogen-bond donors (Lipinski definition) is 1. The average molecular weight is 498 g/mol. The fourth-order valence-electron chi connectivity index (χ4n) is 4.68. The highest BCUT2D eigenvalue weighted by Gasteiger charge is 2.54. The van der Waals surface area contributed by atoms with Crippen LogP contribution in [0.2, 0.25) is 0 Å². The maximum absolute atomic E-state index is 13.7. The summed E-state index contributed by atoms with van der Waals surface area (Å²) in [4.78, 5) is 29.9. The first-order chi connectivity index (χ1) is 14.9. The number of halogens is 1. The van der Waals surface area contributed by atoms with Gasteiger partial charge in [0.25, 0.3) is 5.91 Å². The molecule has 6 nitrogen and oxygen atoms in total. The SMILES string of the molecule is Cc1cc(C)cc(-c2sc(C)nc2C(=O)N2C[C@@H]3C[C@@H]3[C@H]2CNc2ncc(Br)cn2)c1. The number of carbonyl (C=O) groups excluding carboxylic acids is 1. The van der Waals surface area contributed by atoms with Crippen LogP contribution in [0.4, 0.5) is 5.95 Å². The molecule has 0 unspecified atom stereocenters. The zero-order chi connectivity index (χ0) is 21.7. The Morgan fingerprint density at radius 2 is 1.90 bits per heavy atom. The van der Waals surface area contributed by atoms with Gasteiger partial charge in [-0.15, -0.1) is 11.3 Å². The van der Waals surface area contributed by atoms with E-state index in [1.807, 2.05) is 11.8 Å². The van der Waals surface area contributed by atoms with E-state index in [1.165, 1.54) is 17.5 Å². The zero-order valence-corrected chi connectivity index (χ0v) is 20.1. The molecule has 1 saturated carbocycles. The average Bonchev–Trinajstić information content (AvgIpc) is 3.23. The van der Waals surface area contributed by atoms with Crippen LogP contribution < -0.4 is 5.32 Å². The lowest BCUT2D eigenvalue weighted by Crippen LogP contribution is -2.42. The number of thiazole rings is 1. The number of piperidine rings is 1. The lowest BCUT2D eigenvalue weighted by molar-refractivity contribution is 0.0711. The molecule has 2 aliphatic rings. The Kier molecular flexibility index (Phi) is 5.30. The van der Waals surface area contributed by atoms with E-state index in [1.54, 1.807) is 23.7 Å². The summed E-state index contributed by atoms with van der Waals surface area (Å²) >= 11 is 4.96. The summed E-state index contributed by atoms with van der Waals surface area (Å²) in [5.41, 5.74) is 4.05. The largest absolute Gasteiger partial charge is 0.352 e. The number of anilines is 1. The van der Waals surface area contributed by atoms with E-state index in [0.717, 1.165) is 26.5 Å². The van der Waals surface area contributed by atoms with Gasteiger partial charge < -0.3 is 10.2 Å². The number of carbonyl (C=O) groups is 1. The van der Waals surface area contributed by atoms with Crippen LogP contribution in [0.15, 0.2) is 35.1 Å². The van der Waals surface area contributed by atoms with Gasteiger partial charge >= 0.3 is 0 Å². The summed E-state index contributed by atoms with van der Waals surface area (Å²) in [5, 5.41) is 4.24. The Balaban J connectivity index is 1.40. The maximum atomic E-state index is 13.7. The van der Waals surface area contributed by atoms with E-state index in [-0.39, 0.29) is 11.9 Å². The van der Waals surface area contributed by atoms with Crippen molar-refractivity contribution in [1.29, 1.82) is 0 Å². The van der Waals surface area contributed by atoms with Crippen LogP contribution in [0.3, 0.4) is 0 Å². The molecule has 1 saturated heterocycles. The van der Waals surface area contributed by atoms with Crippen molar-refractivity contribution in [2.24, 2.45) is 11.8 Å². The molecule has 31 heavy (non-hydrogen) atoms. The van der Waals surface area contributed by atoms with Crippen LogP contribution in [0, 0.1) is 32.6 Å². The van der Waals surface area contributed by atoms with Crippen LogP contribution in [0.5, 0.6) is 0 Å². The van der Waals surface area contributed by atoms with Crippen LogP contribution in [0.1, 0.15) is 33.0 Å². The minimum atomic E-state index is 0.0363. The van der Waals surface area contributed by atoms with Gasteiger partial charge in [-0.1, -0.05) is 29.3 Å². The second-order valence-corrected chi connectivity index (χ2v) is 10.7. The minimum absolute atomic E-state index is 0.0363. The molecule has 0 radical (unpaired) electrons. The summed E-state index contributed by atoms with van der Waals surface area (Å²) < 4.78 is 0.843. The van der Waals surface area contributed by atoms with Crippen LogP contribution in [0.25, 0.3) is 10.4 Å². The molecule has 1 aliphatic heterocycles. The molecule has 1 aromatic carbocycles. The van der Waals surface area contributed by atoms with E-state index in [9.17, 15) is 4.79 Å². The molecule has 8 heteroatoms. The Morgan fingerprint density at radius 3 is 2.61 bits per heavy atom. The predicted octanol–water partition coefficient (Wildman–Crippen LogP) is 4.86. The van der Waals surface area contributed by atoms with Crippen molar-refractivity contribution in [2.75, 3.05) is 18.4 Å². The quantitative estimate of drug-likeness (QED) is 0.544. The highest BCUT2D eigenvalue weighted by molar-refractivity contribution is 9.10. The van der Waals surface area contributed by atoms with E-state index >= 15 is 0 Å². The van der Waals surface area contributed by atoms with E-state index in [0.29, 0.717) is 30.0 Å². The van der Waals surface area contributed by atoms with Gasteiger partial charge in [-0.3, -0.25) is 4.79 Å². The number of likely N-dealkylation sites (tertiary alicyclic amines) is 1. The number of amides is 1. The van der Waals surface area contributed by atoms with Crippen molar-refractivity contribution in [3.05, 3.63) is 56.9 Å². The number of nitrogens with one attached hydrogen (secondary N) is 1. The maximum Gasteiger partial charge on any atom is 0.274 e. The predicted molar refractivity (Wildman–Crippen MR) is 126 cm³/mol. The number of nitrogens with zero attached hydrogens (tertiary/aromatic N) is 4. The summed E-state index contributed by atoms with van der Waals surface area (Å²) in [5.74, 6) is 1.77. The monoisotopic (exact) mass is 497 g/mol. The molecule has 0 bridgehead atoms. The standard InChI is InChI=1S/C23H24BrN5OS/c1-12-4-13(2)6-15(5-12)21-20(28-14(3)31-21)22(30)29-11-16-7-18(16)19(29)10-27-23-25-8-17(24)9-26-23/h4-6,8-9,16,18-19H,7,10-11H2,1-3H3,(H,25,26,27)/t16-,18-,19+/m0/s1. The first-order valence-electron chi connectivity index (χ1n) is 10.5. The van der Waals surface area contributed by atoms with E-state index < -0.39 is 0 Å². The van der Waals surface area contributed by atoms with Crippen LogP contribution in [-0.4, -0.2) is 44.9 Å². The summed E-state index contributed by atoms with van der Waals surface area (Å²) in [6, 6.07) is 6.57. The molecule has 1 amide bonds. The van der Waals surface area contributed by atoms with E-state index in [2.05, 4.69) is 68.2 Å². The zero-order valence-electron chi connectivity index (χ0n) is 17.7. The van der Waals surface area contributed by atoms with E-state index in [4.69, 9.17) is 0 Å². The Bertz CT molecular complexity index is 1130. The highest BCUT2D eigenvalue weighted by atomic mass is 79.9. The smallest absolute Gasteiger partial charge is 0.274 e. The normalized spacial score (nSPS) is 21.8. The second-order valence-electron chi connectivity index (χ2n) is 8.58. The molecule has 3 heterocycles. The molecule has 5 rings (SSSR count). The topological polar surface area (TPSA) is 71.0 Å². The molecule has 2 fully saturated rings. The Labute approximate surface area is 194 Å². The molecule has 1 aliphatic carbocycles. The number of aromatic nitrogens is 3. The van der Waals surface area contributed by atoms with Gasteiger partial charge in [-0.05, 0) is 60.5 Å². The third-order valence-corrected chi connectivity index (χ3v) is 7.50. The Hall–Kier alpha value is -2.32. The lowest BCUT2D eigenvalue weighted by atomic mass is 10.0. The highest BCUT2D eigenvalue weighted by Crippen LogP contribution is 2.50. The first kappa shape index (κ1) is 20.6. The van der Waals surface area contributed by atoms with Gasteiger partial charge in [0, 0.05) is 25.5 Å². The molecular formula is C23H24BrN5OS. The third kappa shape index (κ3) is 4.11. The van der Waals surface area contributed by atoms with Crippen molar-refractivity contribution >= 4 is 39.1 Å². The van der Waals surface area contributed by atoms with Crippen molar-refractivity contribution < 1.29 is 4.79 Å². The van der Waals surface area contributed by atoms with Gasteiger partial charge in [0.15, 0.2) is 0 Å². The van der Waals surface area contributed by atoms with Gasteiger partial charge in [-0.2, -0.15) is 0 Å². The van der Waals surface area contributed by atoms with Crippen molar-refractivity contribution in [3.63, 3.8) is 0 Å². The fourth-order valence-corrected chi connectivity index (χ4v) is 5.78. The number of rotatable bonds is 5. The molecule has 160 valence electrons. The number of hydrogen-bond acceptors (Lipinski definition) is 6. The van der Waals surface area contributed by atoms with Gasteiger partial charge in [0.1, 0.15) is 5.69 Å². The van der Waals surface area contributed by atoms with Gasteiger partial charge in [0.2, 0.25) is 5.95 Å². The molecule has 2 aromatic heterocycles. The molecule has 0 spiro atoms. The molecular weight excluding hydrogens is 474 g/mol. The summed E-state index contributed by atoms with van der Waals surface area (Å²) in [7, 11) is 0. The summed E-state index contributed by atoms with van der Waals surface area (Å²) in [6.07, 6.45) is 4.64. The second kappa shape index (κ2) is 7.98. The number of fused-ring (bicyclic) bond motifs is 1. The summed E-state index contributed by atoms with van der Waals surface area (Å²) in [6.45, 7) is 7.60. The molecule has 1 N–H and O–H groups in total. The third-order valence-electron chi connectivity index (χ3n) is 6.07. The number of benzene rings is 1. The lowest BCUT2D eigenvalue weighted by Gasteiger charge is -2.27. The minimum Gasteiger partial charge on any atom is -0.352 e. The number of aryl methyl sites for hydroxylation is 3. The fraction of sp³-hybridized carbons (Fsp3) is 0.391. The van der Waals surface area contributed by atoms with Crippen molar-refractivity contribution in [1.82, 2.24) is 19.9 Å².